The predicted octanol–water partition coefficient (Wildman–Crippen LogP) is 6.85. The minimum absolute atomic E-state index is 0.0487. The van der Waals surface area contributed by atoms with E-state index in [0.717, 1.165) is 50.9 Å². The van der Waals surface area contributed by atoms with Gasteiger partial charge in [0.1, 0.15) is 24.2 Å². The fraction of sp³-hybridized carbons (Fsp3) is 0.800. The summed E-state index contributed by atoms with van der Waals surface area (Å²) in [5.41, 5.74) is -0.668. The van der Waals surface area contributed by atoms with Crippen molar-refractivity contribution in [3.63, 3.8) is 0 Å². The van der Waals surface area contributed by atoms with E-state index in [1.165, 1.54) is 13.3 Å². The third kappa shape index (κ3) is 27.2. The molecule has 1 saturated carbocycles. The lowest BCUT2D eigenvalue weighted by atomic mass is 9.83. The summed E-state index contributed by atoms with van der Waals surface area (Å²) in [6.07, 6.45) is 11.6. The summed E-state index contributed by atoms with van der Waals surface area (Å²) in [7, 11) is 0. The van der Waals surface area contributed by atoms with Crippen molar-refractivity contribution in [1.29, 1.82) is 0 Å². The molecule has 1 saturated heterocycles. The van der Waals surface area contributed by atoms with Crippen LogP contribution in [0.1, 0.15) is 154 Å². The van der Waals surface area contributed by atoms with Crippen LogP contribution in [-0.4, -0.2) is 84.3 Å². The minimum atomic E-state index is -0.795. The molecule has 2 fully saturated rings. The molecule has 0 aromatic rings. The zero-order chi connectivity index (χ0) is 40.7. The molecule has 304 valence electrons. The summed E-state index contributed by atoms with van der Waals surface area (Å²) in [6, 6.07) is -2.65. The van der Waals surface area contributed by atoms with E-state index in [0.29, 0.717) is 38.8 Å². The number of likely N-dealkylation sites (tertiary alicyclic amines) is 1. The summed E-state index contributed by atoms with van der Waals surface area (Å²) >= 11 is 0. The van der Waals surface area contributed by atoms with Gasteiger partial charge in [0.25, 0.3) is 0 Å². The normalized spacial score (nSPS) is 16.2. The first-order chi connectivity index (χ1) is 24.5. The van der Waals surface area contributed by atoms with Crippen molar-refractivity contribution in [3.05, 3.63) is 12.7 Å². The van der Waals surface area contributed by atoms with Gasteiger partial charge in [-0.3, -0.25) is 24.0 Å². The number of carbonyl (C=O) groups excluding carboxylic acids is 6. The molecular weight excluding hydrogens is 662 g/mol. The highest BCUT2D eigenvalue weighted by atomic mass is 16.6. The van der Waals surface area contributed by atoms with Crippen LogP contribution in [0.5, 0.6) is 0 Å². The van der Waals surface area contributed by atoms with Crippen molar-refractivity contribution in [2.45, 2.75) is 177 Å². The fourth-order valence-corrected chi connectivity index (χ4v) is 5.24. The lowest BCUT2D eigenvalue weighted by Crippen LogP contribution is -2.58. The molecule has 4 N–H and O–H groups in total. The first-order valence-corrected chi connectivity index (χ1v) is 19.6. The lowest BCUT2D eigenvalue weighted by molar-refractivity contribution is -0.153. The fourth-order valence-electron chi connectivity index (χ4n) is 5.24. The van der Waals surface area contributed by atoms with Crippen LogP contribution in [-0.2, 0) is 28.7 Å². The first kappa shape index (κ1) is 52.9. The van der Waals surface area contributed by atoms with E-state index in [4.69, 9.17) is 4.74 Å². The SMILES string of the molecule is C=CCNC=O.CC.CC(C)C.CCC.CCCCC(NC(=O)[C@@H]1CCCN1C(=O)C(NC(=O)NCC(=O)OC(C)(C)C)C1CCCCC1)C(C)=O. The Balaban J connectivity index is -0.00000136. The van der Waals surface area contributed by atoms with Gasteiger partial charge in [-0.1, -0.05) is 100.0 Å². The predicted molar refractivity (Wildman–Crippen MR) is 212 cm³/mol. The number of hydrogen-bond acceptors (Lipinski definition) is 7. The van der Waals surface area contributed by atoms with Gasteiger partial charge in [-0.2, -0.15) is 0 Å². The Morgan fingerprint density at radius 2 is 1.48 bits per heavy atom. The van der Waals surface area contributed by atoms with Gasteiger partial charge in [-0.15, -0.1) is 6.58 Å². The van der Waals surface area contributed by atoms with Gasteiger partial charge >= 0.3 is 12.0 Å². The molecule has 0 spiro atoms. The van der Waals surface area contributed by atoms with Crippen molar-refractivity contribution in [2.75, 3.05) is 19.6 Å². The molecule has 2 rings (SSSR count). The number of amides is 5. The Hall–Kier alpha value is -3.44. The van der Waals surface area contributed by atoms with Crippen molar-refractivity contribution in [2.24, 2.45) is 11.8 Å². The van der Waals surface area contributed by atoms with Crippen LogP contribution < -0.4 is 21.3 Å². The van der Waals surface area contributed by atoms with Crippen molar-refractivity contribution in [3.8, 4) is 0 Å². The average Bonchev–Trinajstić information content (AvgIpc) is 3.58. The van der Waals surface area contributed by atoms with Crippen LogP contribution >= 0.6 is 0 Å². The molecule has 12 heteroatoms. The number of ether oxygens (including phenoxy) is 1. The number of hydrogen-bond donors (Lipinski definition) is 4. The minimum Gasteiger partial charge on any atom is -0.459 e. The summed E-state index contributed by atoms with van der Waals surface area (Å²) < 4.78 is 5.23. The Bertz CT molecular complexity index is 996. The molecule has 12 nitrogen and oxygen atoms in total. The van der Waals surface area contributed by atoms with Gasteiger partial charge in [0.2, 0.25) is 18.2 Å². The Morgan fingerprint density at radius 3 is 1.92 bits per heavy atom. The molecule has 2 aliphatic rings. The van der Waals surface area contributed by atoms with E-state index in [-0.39, 0.29) is 30.1 Å². The summed E-state index contributed by atoms with van der Waals surface area (Å²) in [5.74, 6) is -0.486. The molecule has 0 aromatic heterocycles. The van der Waals surface area contributed by atoms with Crippen LogP contribution in [0.4, 0.5) is 4.79 Å². The third-order valence-electron chi connectivity index (χ3n) is 7.32. The van der Waals surface area contributed by atoms with Gasteiger partial charge in [0.15, 0.2) is 5.78 Å². The maximum absolute atomic E-state index is 13.8. The zero-order valence-corrected chi connectivity index (χ0v) is 35.0. The van der Waals surface area contributed by atoms with Crippen molar-refractivity contribution in [1.82, 2.24) is 26.2 Å². The summed E-state index contributed by atoms with van der Waals surface area (Å²) in [4.78, 5) is 74.6. The van der Waals surface area contributed by atoms with E-state index in [1.807, 2.05) is 20.8 Å². The molecule has 1 heterocycles. The van der Waals surface area contributed by atoms with E-state index in [9.17, 15) is 28.8 Å². The standard InChI is InChI=1S/C27H46N4O6.C4H7NO.C4H10.C3H8.C2H6/c1-6-7-14-20(18(2)32)29-24(34)21-15-11-16-31(21)25(35)23(19-12-9-8-10-13-19)30-26(36)28-17-22(33)37-27(3,4)5;1-2-3-5-4-6;1-4(2)3;1-3-2;1-2/h19-21,23H,6-17H2,1-5H3,(H,29,34)(H2,28,30,36);2,4H,1,3H2,(H,5,6);4H,1-3H3;3H2,1-2H3;1-2H3/t20?,21-,23?;;;;/m0..../s1. The second kappa shape index (κ2) is 32.2. The number of esters is 1. The highest BCUT2D eigenvalue weighted by Crippen LogP contribution is 2.29. The maximum Gasteiger partial charge on any atom is 0.325 e. The Labute approximate surface area is 316 Å². The third-order valence-corrected chi connectivity index (χ3v) is 7.32. The van der Waals surface area contributed by atoms with Gasteiger partial charge < -0.3 is 30.9 Å². The van der Waals surface area contributed by atoms with Crippen molar-refractivity contribution < 1.29 is 33.5 Å². The number of carbonyl (C=O) groups is 6. The number of Topliss-reactive ketones (excluding diaryl/α,β-unsaturated/α-hetero) is 1. The Morgan fingerprint density at radius 1 is 0.923 bits per heavy atom. The van der Waals surface area contributed by atoms with Crippen LogP contribution in [0.2, 0.25) is 0 Å². The molecule has 52 heavy (non-hydrogen) atoms. The molecular formula is C40H77N5O7. The van der Waals surface area contributed by atoms with Crippen LogP contribution in [0.15, 0.2) is 12.7 Å². The van der Waals surface area contributed by atoms with E-state index in [2.05, 4.69) is 62.5 Å². The topological polar surface area (TPSA) is 163 Å². The monoisotopic (exact) mass is 740 g/mol. The van der Waals surface area contributed by atoms with Crippen LogP contribution in [0, 0.1) is 11.8 Å². The van der Waals surface area contributed by atoms with Crippen LogP contribution in [0.3, 0.4) is 0 Å². The van der Waals surface area contributed by atoms with Crippen molar-refractivity contribution >= 4 is 36.0 Å². The Kier molecular flexibility index (Phi) is 32.8. The number of rotatable bonds is 14. The molecule has 2 unspecified atom stereocenters. The number of nitrogens with one attached hydrogen (secondary N) is 4. The first-order valence-electron chi connectivity index (χ1n) is 19.6. The molecule has 0 aromatic carbocycles. The highest BCUT2D eigenvalue weighted by Gasteiger charge is 2.41. The van der Waals surface area contributed by atoms with Gasteiger partial charge in [-0.05, 0) is 71.6 Å². The second-order valence-electron chi connectivity index (χ2n) is 14.5. The summed E-state index contributed by atoms with van der Waals surface area (Å²) in [5, 5.41) is 10.5. The van der Waals surface area contributed by atoms with E-state index in [1.54, 1.807) is 31.7 Å². The largest absolute Gasteiger partial charge is 0.459 e. The molecule has 3 atom stereocenters. The van der Waals surface area contributed by atoms with Gasteiger partial charge in [-0.25, -0.2) is 4.79 Å². The number of unbranched alkanes of at least 4 members (excludes halogenated alkanes) is 1. The average molecular weight is 740 g/mol. The number of urea groups is 1. The highest BCUT2D eigenvalue weighted by molar-refractivity contribution is 5.94. The lowest BCUT2D eigenvalue weighted by Gasteiger charge is -2.35. The maximum atomic E-state index is 13.8. The number of ketones is 1. The summed E-state index contributed by atoms with van der Waals surface area (Å²) in [6.45, 7) is 27.5. The van der Waals surface area contributed by atoms with Crippen LogP contribution in [0.25, 0.3) is 0 Å². The van der Waals surface area contributed by atoms with Gasteiger partial charge in [0.05, 0.1) is 6.04 Å². The molecule has 0 bridgehead atoms. The smallest absolute Gasteiger partial charge is 0.325 e. The molecule has 5 amide bonds. The molecule has 0 radical (unpaired) electrons. The quantitative estimate of drug-likeness (QED) is 0.0655. The second-order valence-corrected chi connectivity index (χ2v) is 14.5. The van der Waals surface area contributed by atoms with E-state index >= 15 is 0 Å². The molecule has 1 aliphatic carbocycles. The van der Waals surface area contributed by atoms with E-state index < -0.39 is 35.7 Å². The molecule has 1 aliphatic heterocycles. The number of nitrogens with zero attached hydrogens (tertiary/aromatic N) is 1. The zero-order valence-electron chi connectivity index (χ0n) is 35.0. The van der Waals surface area contributed by atoms with Gasteiger partial charge in [0, 0.05) is 13.1 Å².